The maximum absolute atomic E-state index is 6.07. The molecule has 0 aromatic carbocycles. The van der Waals surface area contributed by atoms with Gasteiger partial charge in [-0.2, -0.15) is 0 Å². The summed E-state index contributed by atoms with van der Waals surface area (Å²) in [7, 11) is 0. The van der Waals surface area contributed by atoms with Gasteiger partial charge >= 0.3 is 132 Å². The Morgan fingerprint density at radius 3 is 0.762 bits per heavy atom. The normalized spacial score (nSPS) is 14.0. The molecule has 0 radical (unpaired) electrons. The zero-order valence-electron chi connectivity index (χ0n) is 14.6. The van der Waals surface area contributed by atoms with Gasteiger partial charge < -0.3 is 0 Å². The molecule has 0 bridgehead atoms. The molecule has 0 saturated carbocycles. The van der Waals surface area contributed by atoms with E-state index in [1.54, 1.807) is 0 Å². The molecule has 0 saturated heterocycles. The molecule has 21 heavy (non-hydrogen) atoms. The van der Waals surface area contributed by atoms with Crippen LogP contribution in [0.25, 0.3) is 0 Å². The van der Waals surface area contributed by atoms with Crippen molar-refractivity contribution in [3.8, 4) is 0 Å². The molecule has 0 atom stereocenters. The maximum atomic E-state index is 6.07. The first kappa shape index (κ1) is 21.3. The van der Waals surface area contributed by atoms with Crippen LogP contribution in [-0.2, 0) is 19.1 Å². The van der Waals surface area contributed by atoms with E-state index in [1.165, 1.54) is 0 Å². The Kier molecular flexibility index (Phi) is 12.0. The van der Waals surface area contributed by atoms with Gasteiger partial charge in [0.1, 0.15) is 0 Å². The second-order valence-corrected chi connectivity index (χ2v) is 10.7. The van der Waals surface area contributed by atoms with Crippen LogP contribution >= 0.6 is 0 Å². The topological polar surface area (TPSA) is 46.2 Å². The van der Waals surface area contributed by atoms with Crippen LogP contribution in [0.15, 0.2) is 0 Å². The second kappa shape index (κ2) is 11.8. The van der Waals surface area contributed by atoms with Crippen LogP contribution in [0, 0.1) is 0 Å². The van der Waals surface area contributed by atoms with Crippen molar-refractivity contribution in [2.45, 2.75) is 66.7 Å². The van der Waals surface area contributed by atoms with Gasteiger partial charge in [0.15, 0.2) is 0 Å². The molecule has 0 aliphatic heterocycles. The number of rotatable bonds is 15. The molecule has 0 N–H and O–H groups in total. The zero-order chi connectivity index (χ0) is 16.1. The van der Waals surface area contributed by atoms with Crippen LogP contribution in [0.3, 0.4) is 0 Å². The van der Waals surface area contributed by atoms with E-state index in [0.29, 0.717) is 33.0 Å². The van der Waals surface area contributed by atoms with Crippen LogP contribution in [0.4, 0.5) is 0 Å². The molecular weight excluding hydrogens is 339 g/mol. The van der Waals surface area contributed by atoms with Gasteiger partial charge in [0.2, 0.25) is 0 Å². The van der Waals surface area contributed by atoms with Crippen LogP contribution in [0.5, 0.6) is 0 Å². The van der Waals surface area contributed by atoms with Crippen LogP contribution in [0.2, 0.25) is 0 Å². The van der Waals surface area contributed by atoms with Gasteiger partial charge in [0, 0.05) is 0 Å². The molecule has 0 unspecified atom stereocenters. The molecule has 0 heterocycles. The van der Waals surface area contributed by atoms with E-state index in [2.05, 4.69) is 34.6 Å². The summed E-state index contributed by atoms with van der Waals surface area (Å²) in [4.78, 5) is 0. The first-order valence-corrected chi connectivity index (χ1v) is 12.2. The number of hydrogen-bond acceptors (Lipinski definition) is 5. The molecule has 0 aromatic heterocycles. The Morgan fingerprint density at radius 1 is 0.429 bits per heavy atom. The second-order valence-electron chi connectivity index (χ2n) is 4.91. The summed E-state index contributed by atoms with van der Waals surface area (Å²) in [6.45, 7) is 12.9. The Bertz CT molecular complexity index is 186. The van der Waals surface area contributed by atoms with E-state index in [0.717, 1.165) is 32.1 Å². The summed E-state index contributed by atoms with van der Waals surface area (Å²) in [5.74, 6) is 0. The predicted molar refractivity (Wildman–Crippen MR) is 88.4 cm³/mol. The first-order chi connectivity index (χ1) is 10.1. The van der Waals surface area contributed by atoms with E-state index in [1.807, 2.05) is 0 Å². The van der Waals surface area contributed by atoms with Gasteiger partial charge in [-0.05, 0) is 0 Å². The van der Waals surface area contributed by atoms with Crippen molar-refractivity contribution in [1.82, 2.24) is 0 Å². The molecule has 0 aromatic rings. The molecule has 0 aliphatic rings. The Morgan fingerprint density at radius 2 is 0.619 bits per heavy atom. The van der Waals surface area contributed by atoms with Gasteiger partial charge in [-0.1, -0.05) is 0 Å². The minimum atomic E-state index is -4.58. The molecular formula is C15H36O5Se. The van der Waals surface area contributed by atoms with E-state index >= 15 is 0 Å². The quantitative estimate of drug-likeness (QED) is 0.408. The fraction of sp³-hybridized carbons (Fsp3) is 1.00. The van der Waals surface area contributed by atoms with Crippen LogP contribution < -0.4 is 0 Å². The summed E-state index contributed by atoms with van der Waals surface area (Å²) >= 11 is -4.58. The van der Waals surface area contributed by atoms with Gasteiger partial charge in [0.05, 0.1) is 0 Å². The Balaban J connectivity index is 5.33. The summed E-state index contributed by atoms with van der Waals surface area (Å²) in [5.41, 5.74) is 0. The van der Waals surface area contributed by atoms with E-state index < -0.39 is 13.4 Å². The summed E-state index contributed by atoms with van der Waals surface area (Å²) in [5, 5.41) is 0. The van der Waals surface area contributed by atoms with Gasteiger partial charge in [-0.15, -0.1) is 0 Å². The molecule has 6 heteroatoms. The van der Waals surface area contributed by atoms with Gasteiger partial charge in [-0.25, -0.2) is 0 Å². The van der Waals surface area contributed by atoms with Crippen molar-refractivity contribution in [3.05, 3.63) is 0 Å². The third-order valence-corrected chi connectivity index (χ3v) is 8.87. The average molecular weight is 375 g/mol. The SMILES string of the molecule is CCCO[SeH](OCCC)(OCCC)(OCCC)OCCC. The molecule has 0 aliphatic carbocycles. The van der Waals surface area contributed by atoms with Crippen molar-refractivity contribution >= 4 is 13.4 Å². The fourth-order valence-electron chi connectivity index (χ4n) is 1.57. The van der Waals surface area contributed by atoms with E-state index in [-0.39, 0.29) is 0 Å². The Labute approximate surface area is 132 Å². The van der Waals surface area contributed by atoms with Crippen molar-refractivity contribution in [1.29, 1.82) is 0 Å². The van der Waals surface area contributed by atoms with Crippen molar-refractivity contribution in [2.24, 2.45) is 0 Å². The summed E-state index contributed by atoms with van der Waals surface area (Å²) in [6.07, 6.45) is 4.34. The Hall–Kier alpha value is 0.319. The van der Waals surface area contributed by atoms with Gasteiger partial charge in [0.25, 0.3) is 0 Å². The zero-order valence-corrected chi connectivity index (χ0v) is 16.4. The molecule has 0 rings (SSSR count). The average Bonchev–Trinajstić information content (AvgIpc) is 2.53. The number of hydrogen-bond donors (Lipinski definition) is 0. The third kappa shape index (κ3) is 7.42. The van der Waals surface area contributed by atoms with Crippen LogP contribution in [-0.4, -0.2) is 46.5 Å². The molecule has 0 amide bonds. The molecule has 132 valence electrons. The third-order valence-electron chi connectivity index (χ3n) is 2.53. The standard InChI is InChI=1S/C15H36O5Se/c1-6-11-16-21(17-12-7-2,18-13-8-3,19-14-9-4)20-15-10-5/h21H,6-15H2,1-5H3. The van der Waals surface area contributed by atoms with E-state index in [9.17, 15) is 0 Å². The summed E-state index contributed by atoms with van der Waals surface area (Å²) in [6, 6.07) is 0. The molecule has 5 nitrogen and oxygen atoms in total. The van der Waals surface area contributed by atoms with Crippen molar-refractivity contribution in [2.75, 3.05) is 33.0 Å². The minimum absolute atomic E-state index is 0.520. The van der Waals surface area contributed by atoms with Crippen molar-refractivity contribution in [3.63, 3.8) is 0 Å². The van der Waals surface area contributed by atoms with Gasteiger partial charge in [-0.3, -0.25) is 0 Å². The summed E-state index contributed by atoms with van der Waals surface area (Å²) < 4.78 is 30.3. The monoisotopic (exact) mass is 376 g/mol. The predicted octanol–water partition coefficient (Wildman–Crippen LogP) is 3.74. The molecule has 0 spiro atoms. The van der Waals surface area contributed by atoms with Crippen molar-refractivity contribution < 1.29 is 19.1 Å². The fourth-order valence-corrected chi connectivity index (χ4v) is 8.18. The van der Waals surface area contributed by atoms with Crippen LogP contribution in [0.1, 0.15) is 66.7 Å². The van der Waals surface area contributed by atoms with E-state index in [4.69, 9.17) is 19.1 Å². The first-order valence-electron chi connectivity index (χ1n) is 8.39. The molecule has 0 fully saturated rings.